The zero-order valence-corrected chi connectivity index (χ0v) is 16.8. The van der Waals surface area contributed by atoms with Gasteiger partial charge in [-0.2, -0.15) is 0 Å². The molecule has 0 radical (unpaired) electrons. The molecule has 2 amide bonds. The van der Waals surface area contributed by atoms with Crippen molar-refractivity contribution in [2.24, 2.45) is 0 Å². The van der Waals surface area contributed by atoms with Crippen LogP contribution in [0.25, 0.3) is 0 Å². The topological polar surface area (TPSA) is 47.1 Å². The van der Waals surface area contributed by atoms with E-state index in [-0.39, 0.29) is 18.4 Å². The van der Waals surface area contributed by atoms with Gasteiger partial charge in [-0.05, 0) is 45.1 Å². The first-order valence-electron chi connectivity index (χ1n) is 9.28. The summed E-state index contributed by atoms with van der Waals surface area (Å²) in [6, 6.07) is 6.37. The zero-order valence-electron chi connectivity index (χ0n) is 16.8. The van der Waals surface area contributed by atoms with E-state index in [2.05, 4.69) is 36.9 Å². The third-order valence-corrected chi connectivity index (χ3v) is 5.14. The molecule has 6 nitrogen and oxygen atoms in total. The number of benzene rings is 1. The van der Waals surface area contributed by atoms with Crippen molar-refractivity contribution in [1.82, 2.24) is 14.7 Å². The molecule has 1 heterocycles. The van der Waals surface area contributed by atoms with Crippen molar-refractivity contribution in [1.29, 1.82) is 0 Å². The smallest absolute Gasteiger partial charge is 0.242 e. The predicted octanol–water partition coefficient (Wildman–Crippen LogP) is 1.36. The molecule has 0 bridgehead atoms. The highest BCUT2D eigenvalue weighted by atomic mass is 16.2. The molecule has 1 saturated heterocycles. The molecule has 1 fully saturated rings. The summed E-state index contributed by atoms with van der Waals surface area (Å²) in [4.78, 5) is 32.3. The number of anilines is 1. The second kappa shape index (κ2) is 9.03. The van der Waals surface area contributed by atoms with Crippen molar-refractivity contribution < 1.29 is 9.59 Å². The highest BCUT2D eigenvalue weighted by Gasteiger charge is 2.24. The monoisotopic (exact) mass is 360 g/mol. The van der Waals surface area contributed by atoms with Gasteiger partial charge in [0, 0.05) is 51.9 Å². The largest absolute Gasteiger partial charge is 0.368 e. The second-order valence-corrected chi connectivity index (χ2v) is 7.33. The highest BCUT2D eigenvalue weighted by Crippen LogP contribution is 2.23. The van der Waals surface area contributed by atoms with E-state index in [1.807, 2.05) is 23.9 Å². The molecular formula is C20H32N4O2. The molecule has 1 aliphatic heterocycles. The Bertz CT molecular complexity index is 637. The van der Waals surface area contributed by atoms with Crippen LogP contribution in [0.15, 0.2) is 18.2 Å². The number of carbonyl (C=O) groups excluding carboxylic acids is 2. The molecule has 6 heteroatoms. The highest BCUT2D eigenvalue weighted by molar-refractivity contribution is 5.84. The minimum atomic E-state index is -0.0470. The van der Waals surface area contributed by atoms with E-state index in [0.29, 0.717) is 19.6 Å². The van der Waals surface area contributed by atoms with Crippen LogP contribution in [0.2, 0.25) is 0 Å². The molecule has 0 aliphatic carbocycles. The van der Waals surface area contributed by atoms with E-state index in [0.717, 1.165) is 19.6 Å². The van der Waals surface area contributed by atoms with Crippen LogP contribution in [0.3, 0.4) is 0 Å². The number of nitrogens with zero attached hydrogens (tertiary/aromatic N) is 4. The van der Waals surface area contributed by atoms with Gasteiger partial charge in [0.2, 0.25) is 11.8 Å². The molecule has 0 N–H and O–H groups in total. The van der Waals surface area contributed by atoms with Gasteiger partial charge in [0.25, 0.3) is 0 Å². The van der Waals surface area contributed by atoms with Gasteiger partial charge >= 0.3 is 0 Å². The lowest BCUT2D eigenvalue weighted by Gasteiger charge is -2.37. The standard InChI is InChI=1S/C20H32N4O2/c1-16-7-6-8-19(17(16)2)22-11-13-23(14-12-22)20(26)15-24(18(3)25)10-9-21(4)5/h6-8H,9-15H2,1-5H3. The third kappa shape index (κ3) is 5.21. The first-order chi connectivity index (χ1) is 12.3. The lowest BCUT2D eigenvalue weighted by Crippen LogP contribution is -2.52. The van der Waals surface area contributed by atoms with Crippen molar-refractivity contribution in [2.45, 2.75) is 20.8 Å². The molecule has 2 rings (SSSR count). The van der Waals surface area contributed by atoms with Gasteiger partial charge in [-0.15, -0.1) is 0 Å². The SMILES string of the molecule is CC(=O)N(CCN(C)C)CC(=O)N1CCN(c2cccc(C)c2C)CC1. The summed E-state index contributed by atoms with van der Waals surface area (Å²) < 4.78 is 0. The molecule has 1 aromatic carbocycles. The van der Waals surface area contributed by atoms with Gasteiger partial charge in [-0.3, -0.25) is 9.59 Å². The normalized spacial score (nSPS) is 14.7. The number of rotatable bonds is 6. The van der Waals surface area contributed by atoms with Gasteiger partial charge in [-0.1, -0.05) is 12.1 Å². The third-order valence-electron chi connectivity index (χ3n) is 5.14. The Balaban J connectivity index is 1.91. The van der Waals surface area contributed by atoms with Crippen molar-refractivity contribution >= 4 is 17.5 Å². The molecule has 144 valence electrons. The number of hydrogen-bond donors (Lipinski definition) is 0. The fraction of sp³-hybridized carbons (Fsp3) is 0.600. The molecule has 26 heavy (non-hydrogen) atoms. The lowest BCUT2D eigenvalue weighted by atomic mass is 10.1. The summed E-state index contributed by atoms with van der Waals surface area (Å²) in [6.07, 6.45) is 0. The number of likely N-dealkylation sites (N-methyl/N-ethyl adjacent to an activating group) is 1. The van der Waals surface area contributed by atoms with Crippen LogP contribution < -0.4 is 4.90 Å². The average Bonchev–Trinajstić information content (AvgIpc) is 2.60. The summed E-state index contributed by atoms with van der Waals surface area (Å²) in [5.74, 6) is -0.00575. The van der Waals surface area contributed by atoms with Crippen LogP contribution in [0.5, 0.6) is 0 Å². The van der Waals surface area contributed by atoms with Crippen molar-refractivity contribution in [3.63, 3.8) is 0 Å². The van der Waals surface area contributed by atoms with E-state index in [1.165, 1.54) is 23.7 Å². The Labute approximate surface area is 157 Å². The van der Waals surface area contributed by atoms with Gasteiger partial charge in [0.05, 0.1) is 6.54 Å². The fourth-order valence-corrected chi connectivity index (χ4v) is 3.21. The Hall–Kier alpha value is -2.08. The van der Waals surface area contributed by atoms with Gasteiger partial charge in [0.15, 0.2) is 0 Å². The lowest BCUT2D eigenvalue weighted by molar-refractivity contribution is -0.139. The number of hydrogen-bond acceptors (Lipinski definition) is 4. The van der Waals surface area contributed by atoms with Crippen LogP contribution in [0.4, 0.5) is 5.69 Å². The van der Waals surface area contributed by atoms with Crippen molar-refractivity contribution in [2.75, 3.05) is 64.8 Å². The Morgan fingerprint density at radius 1 is 1.04 bits per heavy atom. The number of aryl methyl sites for hydroxylation is 1. The molecule has 1 aromatic rings. The summed E-state index contributed by atoms with van der Waals surface area (Å²) >= 11 is 0. The predicted molar refractivity (Wildman–Crippen MR) is 106 cm³/mol. The molecule has 0 saturated carbocycles. The first-order valence-corrected chi connectivity index (χ1v) is 9.28. The van der Waals surface area contributed by atoms with Gasteiger partial charge in [-0.25, -0.2) is 0 Å². The van der Waals surface area contributed by atoms with Crippen molar-refractivity contribution in [3.05, 3.63) is 29.3 Å². The average molecular weight is 361 g/mol. The maximum atomic E-state index is 12.6. The van der Waals surface area contributed by atoms with Crippen LogP contribution in [0, 0.1) is 13.8 Å². The van der Waals surface area contributed by atoms with Crippen LogP contribution >= 0.6 is 0 Å². The van der Waals surface area contributed by atoms with Gasteiger partial charge in [0.1, 0.15) is 0 Å². The van der Waals surface area contributed by atoms with E-state index < -0.39 is 0 Å². The zero-order chi connectivity index (χ0) is 19.3. The van der Waals surface area contributed by atoms with Crippen LogP contribution in [-0.4, -0.2) is 86.4 Å². The molecule has 1 aliphatic rings. The van der Waals surface area contributed by atoms with Crippen LogP contribution in [0.1, 0.15) is 18.1 Å². The molecule has 0 aromatic heterocycles. The van der Waals surface area contributed by atoms with E-state index in [4.69, 9.17) is 0 Å². The van der Waals surface area contributed by atoms with E-state index in [1.54, 1.807) is 4.90 Å². The summed E-state index contributed by atoms with van der Waals surface area (Å²) in [5.41, 5.74) is 3.85. The molecule has 0 atom stereocenters. The maximum absolute atomic E-state index is 12.6. The molecule has 0 spiro atoms. The van der Waals surface area contributed by atoms with Gasteiger partial charge < -0.3 is 19.6 Å². The molecule has 0 unspecified atom stereocenters. The number of piperazine rings is 1. The first kappa shape index (κ1) is 20.2. The number of carbonyl (C=O) groups is 2. The minimum Gasteiger partial charge on any atom is -0.368 e. The Morgan fingerprint density at radius 3 is 2.27 bits per heavy atom. The maximum Gasteiger partial charge on any atom is 0.242 e. The van der Waals surface area contributed by atoms with E-state index >= 15 is 0 Å². The summed E-state index contributed by atoms with van der Waals surface area (Å²) in [7, 11) is 3.93. The fourth-order valence-electron chi connectivity index (χ4n) is 3.21. The summed E-state index contributed by atoms with van der Waals surface area (Å²) in [6.45, 7) is 10.4. The van der Waals surface area contributed by atoms with Crippen LogP contribution in [-0.2, 0) is 9.59 Å². The Morgan fingerprint density at radius 2 is 1.69 bits per heavy atom. The minimum absolute atomic E-state index is 0.0413. The Kier molecular flexibility index (Phi) is 7.03. The number of amides is 2. The summed E-state index contributed by atoms with van der Waals surface area (Å²) in [5, 5.41) is 0. The molecular weight excluding hydrogens is 328 g/mol. The second-order valence-electron chi connectivity index (χ2n) is 7.33. The van der Waals surface area contributed by atoms with E-state index in [9.17, 15) is 9.59 Å². The van der Waals surface area contributed by atoms with Crippen molar-refractivity contribution in [3.8, 4) is 0 Å². The quantitative estimate of drug-likeness (QED) is 0.769.